The molecule has 1 saturated carbocycles. The fourth-order valence-corrected chi connectivity index (χ4v) is 3.09. The number of benzene rings is 1. The Bertz CT molecular complexity index is 509. The molecule has 0 bridgehead atoms. The minimum absolute atomic E-state index is 0.0186. The zero-order valence-corrected chi connectivity index (χ0v) is 13.5. The van der Waals surface area contributed by atoms with Crippen LogP contribution in [0.1, 0.15) is 44.6 Å². The van der Waals surface area contributed by atoms with Gasteiger partial charge in [-0.2, -0.15) is 0 Å². The average Bonchev–Trinajstić information content (AvgIpc) is 2.56. The third kappa shape index (κ3) is 4.89. The van der Waals surface area contributed by atoms with Gasteiger partial charge in [0.25, 0.3) is 0 Å². The molecule has 3 nitrogen and oxygen atoms in total. The zero-order valence-electron chi connectivity index (χ0n) is 13.5. The molecule has 1 amide bonds. The molecule has 3 heteroatoms. The molecule has 0 spiro atoms. The number of terminal acetylenes is 1. The summed E-state index contributed by atoms with van der Waals surface area (Å²) < 4.78 is 0. The maximum absolute atomic E-state index is 12.3. The van der Waals surface area contributed by atoms with Gasteiger partial charge in [-0.05, 0) is 37.0 Å². The molecule has 2 rings (SSSR count). The van der Waals surface area contributed by atoms with Crippen molar-refractivity contribution >= 4 is 11.6 Å². The lowest BCUT2D eigenvalue weighted by Gasteiger charge is -2.32. The van der Waals surface area contributed by atoms with Gasteiger partial charge in [0.2, 0.25) is 5.91 Å². The van der Waals surface area contributed by atoms with E-state index in [2.05, 4.69) is 35.2 Å². The van der Waals surface area contributed by atoms with E-state index in [1.807, 2.05) is 12.1 Å². The standard InChI is InChI=1S/C19H26N2O/c1-3-14-21(18-8-6-5-7-9-18)15-19(22)20-17-12-10-16(4-2)11-13-17/h1,10-13,18H,4-9,14-15H2,2H3,(H,20,22). The summed E-state index contributed by atoms with van der Waals surface area (Å²) in [6.45, 7) is 3.05. The molecular weight excluding hydrogens is 272 g/mol. The minimum atomic E-state index is 0.0186. The maximum atomic E-state index is 12.3. The van der Waals surface area contributed by atoms with E-state index < -0.39 is 0 Å². The van der Waals surface area contributed by atoms with Crippen molar-refractivity contribution in [3.63, 3.8) is 0 Å². The molecule has 118 valence electrons. The Hall–Kier alpha value is -1.79. The second kappa shape index (κ2) is 8.60. The molecule has 0 unspecified atom stereocenters. The number of aryl methyl sites for hydroxylation is 1. The minimum Gasteiger partial charge on any atom is -0.325 e. The van der Waals surface area contributed by atoms with Crippen molar-refractivity contribution in [3.05, 3.63) is 29.8 Å². The number of nitrogens with zero attached hydrogens (tertiary/aromatic N) is 1. The van der Waals surface area contributed by atoms with E-state index in [4.69, 9.17) is 6.42 Å². The molecular formula is C19H26N2O. The van der Waals surface area contributed by atoms with Crippen molar-refractivity contribution in [2.24, 2.45) is 0 Å². The number of carbonyl (C=O) groups excluding carboxylic acids is 1. The van der Waals surface area contributed by atoms with Gasteiger partial charge in [-0.1, -0.05) is 44.2 Å². The Labute approximate surface area is 134 Å². The number of hydrogen-bond acceptors (Lipinski definition) is 2. The SMILES string of the molecule is C#CCN(CC(=O)Nc1ccc(CC)cc1)C1CCCCC1. The van der Waals surface area contributed by atoms with Crippen LogP contribution in [0.3, 0.4) is 0 Å². The second-order valence-electron chi connectivity index (χ2n) is 6.00. The number of anilines is 1. The Morgan fingerprint density at radius 2 is 1.95 bits per heavy atom. The molecule has 1 aliphatic rings. The van der Waals surface area contributed by atoms with Crippen LogP contribution in [0, 0.1) is 12.3 Å². The highest BCUT2D eigenvalue weighted by atomic mass is 16.2. The third-order valence-corrected chi connectivity index (χ3v) is 4.38. The molecule has 0 saturated heterocycles. The molecule has 1 N–H and O–H groups in total. The van der Waals surface area contributed by atoms with Gasteiger partial charge in [0.05, 0.1) is 13.1 Å². The van der Waals surface area contributed by atoms with Crippen molar-refractivity contribution in [1.82, 2.24) is 4.90 Å². The number of hydrogen-bond donors (Lipinski definition) is 1. The van der Waals surface area contributed by atoms with E-state index in [9.17, 15) is 4.79 Å². The maximum Gasteiger partial charge on any atom is 0.238 e. The molecule has 1 aliphatic carbocycles. The molecule has 22 heavy (non-hydrogen) atoms. The van der Waals surface area contributed by atoms with Gasteiger partial charge in [-0.25, -0.2) is 0 Å². The largest absolute Gasteiger partial charge is 0.325 e. The summed E-state index contributed by atoms with van der Waals surface area (Å²) in [4.78, 5) is 14.4. The summed E-state index contributed by atoms with van der Waals surface area (Å²) in [6.07, 6.45) is 12.6. The lowest BCUT2D eigenvalue weighted by Crippen LogP contribution is -2.42. The summed E-state index contributed by atoms with van der Waals surface area (Å²) in [7, 11) is 0. The van der Waals surface area contributed by atoms with Gasteiger partial charge >= 0.3 is 0 Å². The van der Waals surface area contributed by atoms with Gasteiger partial charge in [0.1, 0.15) is 0 Å². The second-order valence-corrected chi connectivity index (χ2v) is 6.00. The molecule has 1 aromatic rings. The van der Waals surface area contributed by atoms with Gasteiger partial charge in [-0.15, -0.1) is 6.42 Å². The Morgan fingerprint density at radius 3 is 2.55 bits per heavy atom. The van der Waals surface area contributed by atoms with Crippen LogP contribution in [0.2, 0.25) is 0 Å². The summed E-state index contributed by atoms with van der Waals surface area (Å²) in [6, 6.07) is 8.48. The molecule has 1 fully saturated rings. The first kappa shape index (κ1) is 16.6. The van der Waals surface area contributed by atoms with Crippen molar-refractivity contribution < 1.29 is 4.79 Å². The molecule has 1 aromatic carbocycles. The summed E-state index contributed by atoms with van der Waals surface area (Å²) in [5, 5.41) is 2.97. The summed E-state index contributed by atoms with van der Waals surface area (Å²) in [5.74, 6) is 2.71. The van der Waals surface area contributed by atoms with Crippen LogP contribution in [0.25, 0.3) is 0 Å². The highest BCUT2D eigenvalue weighted by Gasteiger charge is 2.22. The van der Waals surface area contributed by atoms with Crippen molar-refractivity contribution in [2.45, 2.75) is 51.5 Å². The monoisotopic (exact) mass is 298 g/mol. The van der Waals surface area contributed by atoms with Crippen LogP contribution in [0.4, 0.5) is 5.69 Å². The van der Waals surface area contributed by atoms with Gasteiger partial charge in [0.15, 0.2) is 0 Å². The summed E-state index contributed by atoms with van der Waals surface area (Å²) in [5.41, 5.74) is 2.13. The number of carbonyl (C=O) groups is 1. The zero-order chi connectivity index (χ0) is 15.8. The van der Waals surface area contributed by atoms with Crippen LogP contribution in [0.5, 0.6) is 0 Å². The van der Waals surface area contributed by atoms with Crippen molar-refractivity contribution in [3.8, 4) is 12.3 Å². The van der Waals surface area contributed by atoms with Gasteiger partial charge < -0.3 is 5.32 Å². The number of rotatable bonds is 6. The lowest BCUT2D eigenvalue weighted by molar-refractivity contribution is -0.117. The van der Waals surface area contributed by atoms with Crippen molar-refractivity contribution in [1.29, 1.82) is 0 Å². The Balaban J connectivity index is 1.90. The summed E-state index contributed by atoms with van der Waals surface area (Å²) >= 11 is 0. The topological polar surface area (TPSA) is 32.3 Å². The van der Waals surface area contributed by atoms with E-state index in [1.165, 1.54) is 24.8 Å². The van der Waals surface area contributed by atoms with Gasteiger partial charge in [0, 0.05) is 11.7 Å². The van der Waals surface area contributed by atoms with Crippen LogP contribution in [0.15, 0.2) is 24.3 Å². The highest BCUT2D eigenvalue weighted by Crippen LogP contribution is 2.22. The number of amides is 1. The number of nitrogens with one attached hydrogen (secondary N) is 1. The predicted molar refractivity (Wildman–Crippen MR) is 91.7 cm³/mol. The van der Waals surface area contributed by atoms with E-state index in [0.717, 1.165) is 24.9 Å². The fraction of sp³-hybridized carbons (Fsp3) is 0.526. The normalized spacial score (nSPS) is 15.5. The molecule has 0 atom stereocenters. The first-order valence-corrected chi connectivity index (χ1v) is 8.29. The van der Waals surface area contributed by atoms with Crippen LogP contribution >= 0.6 is 0 Å². The van der Waals surface area contributed by atoms with E-state index >= 15 is 0 Å². The van der Waals surface area contributed by atoms with Crippen molar-refractivity contribution in [2.75, 3.05) is 18.4 Å². The smallest absolute Gasteiger partial charge is 0.238 e. The molecule has 0 radical (unpaired) electrons. The first-order valence-electron chi connectivity index (χ1n) is 8.29. The molecule has 0 aromatic heterocycles. The fourth-order valence-electron chi connectivity index (χ4n) is 3.09. The van der Waals surface area contributed by atoms with E-state index in [0.29, 0.717) is 19.1 Å². The Morgan fingerprint density at radius 1 is 1.27 bits per heavy atom. The quantitative estimate of drug-likeness (QED) is 0.816. The van der Waals surface area contributed by atoms with E-state index in [-0.39, 0.29) is 5.91 Å². The van der Waals surface area contributed by atoms with Gasteiger partial charge in [-0.3, -0.25) is 9.69 Å². The third-order valence-electron chi connectivity index (χ3n) is 4.38. The molecule has 0 heterocycles. The molecule has 0 aliphatic heterocycles. The van der Waals surface area contributed by atoms with Crippen LogP contribution in [-0.4, -0.2) is 29.9 Å². The average molecular weight is 298 g/mol. The van der Waals surface area contributed by atoms with E-state index in [1.54, 1.807) is 0 Å². The first-order chi connectivity index (χ1) is 10.7. The van der Waals surface area contributed by atoms with Crippen LogP contribution in [-0.2, 0) is 11.2 Å². The predicted octanol–water partition coefficient (Wildman–Crippen LogP) is 3.46. The van der Waals surface area contributed by atoms with Crippen LogP contribution < -0.4 is 5.32 Å². The Kier molecular flexibility index (Phi) is 6.48. The lowest BCUT2D eigenvalue weighted by atomic mass is 9.94. The highest BCUT2D eigenvalue weighted by molar-refractivity contribution is 5.92.